The first-order chi connectivity index (χ1) is 7.36. The fraction of sp³-hybridized carbons (Fsp3) is 0.917. The molecule has 0 spiro atoms. The molecule has 0 rings (SSSR count). The minimum Gasteiger partial charge on any atom is -0.394 e. The average Bonchev–Trinajstić information content (AvgIpc) is 2.24. The summed E-state index contributed by atoms with van der Waals surface area (Å²) in [7, 11) is 0. The monoisotopic (exact) mass is 230 g/mol. The van der Waals surface area contributed by atoms with E-state index in [1.54, 1.807) is 0 Å². The molecule has 4 nitrogen and oxygen atoms in total. The lowest BCUT2D eigenvalue weighted by Gasteiger charge is -2.28. The van der Waals surface area contributed by atoms with Crippen molar-refractivity contribution in [2.45, 2.75) is 65.1 Å². The first-order valence-electron chi connectivity index (χ1n) is 6.05. The molecular formula is C12H26N2O2. The minimum atomic E-state index is -0.426. The Labute approximate surface area is 98.8 Å². The van der Waals surface area contributed by atoms with Crippen LogP contribution in [0.15, 0.2) is 0 Å². The first kappa shape index (κ1) is 15.4. The van der Waals surface area contributed by atoms with Crippen molar-refractivity contribution in [2.75, 3.05) is 6.61 Å². The van der Waals surface area contributed by atoms with Crippen molar-refractivity contribution in [1.29, 1.82) is 0 Å². The van der Waals surface area contributed by atoms with Crippen molar-refractivity contribution < 1.29 is 9.90 Å². The van der Waals surface area contributed by atoms with Crippen molar-refractivity contribution in [3.05, 3.63) is 0 Å². The van der Waals surface area contributed by atoms with Crippen LogP contribution in [0.3, 0.4) is 0 Å². The van der Waals surface area contributed by atoms with Crippen molar-refractivity contribution in [2.24, 2.45) is 0 Å². The van der Waals surface area contributed by atoms with Gasteiger partial charge in [0.15, 0.2) is 0 Å². The van der Waals surface area contributed by atoms with Crippen LogP contribution in [-0.4, -0.2) is 35.2 Å². The lowest BCUT2D eigenvalue weighted by atomic mass is 10.1. The lowest BCUT2D eigenvalue weighted by Crippen LogP contribution is -2.54. The normalized spacial score (nSPS) is 13.9. The van der Waals surface area contributed by atoms with Gasteiger partial charge in [-0.1, -0.05) is 13.8 Å². The number of nitrogens with one attached hydrogen (secondary N) is 2. The number of rotatable bonds is 7. The fourth-order valence-corrected chi connectivity index (χ4v) is 1.52. The number of amides is 1. The highest BCUT2D eigenvalue weighted by atomic mass is 16.3. The Hall–Kier alpha value is -0.610. The van der Waals surface area contributed by atoms with Gasteiger partial charge in [-0.05, 0) is 33.6 Å². The topological polar surface area (TPSA) is 61.4 Å². The summed E-state index contributed by atoms with van der Waals surface area (Å²) in [5, 5.41) is 15.2. The maximum atomic E-state index is 11.8. The first-order valence-corrected chi connectivity index (χ1v) is 6.05. The number of hydrogen-bond acceptors (Lipinski definition) is 3. The van der Waals surface area contributed by atoms with E-state index in [-0.39, 0.29) is 24.6 Å². The quantitative estimate of drug-likeness (QED) is 0.612. The highest BCUT2D eigenvalue weighted by molar-refractivity contribution is 5.81. The maximum Gasteiger partial charge on any atom is 0.237 e. The van der Waals surface area contributed by atoms with Crippen molar-refractivity contribution in [1.82, 2.24) is 10.6 Å². The zero-order valence-electron chi connectivity index (χ0n) is 11.1. The van der Waals surface area contributed by atoms with Gasteiger partial charge in [0, 0.05) is 11.6 Å². The van der Waals surface area contributed by atoms with Gasteiger partial charge in [0.05, 0.1) is 12.6 Å². The number of aliphatic hydroxyl groups is 1. The number of hydrogen-bond donors (Lipinski definition) is 3. The van der Waals surface area contributed by atoms with Crippen LogP contribution in [-0.2, 0) is 4.79 Å². The molecule has 0 bridgehead atoms. The van der Waals surface area contributed by atoms with E-state index in [9.17, 15) is 4.79 Å². The van der Waals surface area contributed by atoms with Crippen LogP contribution >= 0.6 is 0 Å². The molecule has 0 aromatic rings. The SMILES string of the molecule is CCC(CC)NC(=O)C(C)NC(C)(C)CO. The summed E-state index contributed by atoms with van der Waals surface area (Å²) in [5.74, 6) is -0.00442. The average molecular weight is 230 g/mol. The fourth-order valence-electron chi connectivity index (χ4n) is 1.52. The van der Waals surface area contributed by atoms with Crippen LogP contribution in [0, 0.1) is 0 Å². The summed E-state index contributed by atoms with van der Waals surface area (Å²) in [4.78, 5) is 11.8. The Bertz CT molecular complexity index is 213. The summed E-state index contributed by atoms with van der Waals surface area (Å²) >= 11 is 0. The number of carbonyl (C=O) groups excluding carboxylic acids is 1. The zero-order valence-corrected chi connectivity index (χ0v) is 11.1. The van der Waals surface area contributed by atoms with Gasteiger partial charge in [-0.25, -0.2) is 0 Å². The van der Waals surface area contributed by atoms with E-state index in [4.69, 9.17) is 5.11 Å². The van der Waals surface area contributed by atoms with Gasteiger partial charge in [0.1, 0.15) is 0 Å². The third kappa shape index (κ3) is 5.47. The van der Waals surface area contributed by atoms with Crippen LogP contribution in [0.2, 0.25) is 0 Å². The van der Waals surface area contributed by atoms with Crippen LogP contribution in [0.5, 0.6) is 0 Å². The summed E-state index contributed by atoms with van der Waals surface area (Å²) in [5.41, 5.74) is -0.426. The molecule has 0 fully saturated rings. The molecule has 0 radical (unpaired) electrons. The second-order valence-electron chi connectivity index (χ2n) is 4.93. The van der Waals surface area contributed by atoms with Crippen LogP contribution < -0.4 is 10.6 Å². The molecule has 16 heavy (non-hydrogen) atoms. The van der Waals surface area contributed by atoms with Gasteiger partial charge < -0.3 is 10.4 Å². The molecule has 1 amide bonds. The van der Waals surface area contributed by atoms with E-state index in [1.165, 1.54) is 0 Å². The Morgan fingerprint density at radius 2 is 1.81 bits per heavy atom. The van der Waals surface area contributed by atoms with Crippen molar-refractivity contribution in [3.63, 3.8) is 0 Å². The molecule has 0 aromatic heterocycles. The van der Waals surface area contributed by atoms with Crippen LogP contribution in [0.4, 0.5) is 0 Å². The number of carbonyl (C=O) groups is 1. The largest absolute Gasteiger partial charge is 0.394 e. The second-order valence-corrected chi connectivity index (χ2v) is 4.93. The molecule has 0 heterocycles. The van der Waals surface area contributed by atoms with E-state index >= 15 is 0 Å². The second kappa shape index (κ2) is 6.86. The van der Waals surface area contributed by atoms with Crippen LogP contribution in [0.25, 0.3) is 0 Å². The molecule has 0 aromatic carbocycles. The molecular weight excluding hydrogens is 204 g/mol. The summed E-state index contributed by atoms with van der Waals surface area (Å²) in [6.45, 7) is 9.68. The third-order valence-corrected chi connectivity index (χ3v) is 2.73. The molecule has 0 aliphatic carbocycles. The van der Waals surface area contributed by atoms with Crippen molar-refractivity contribution >= 4 is 5.91 Å². The maximum absolute atomic E-state index is 11.8. The standard InChI is InChI=1S/C12H26N2O2/c1-6-10(7-2)13-11(16)9(3)14-12(4,5)8-15/h9-10,14-15H,6-8H2,1-5H3,(H,13,16). The number of aliphatic hydroxyl groups excluding tert-OH is 1. The molecule has 4 heteroatoms. The van der Waals surface area contributed by atoms with Gasteiger partial charge in [-0.3, -0.25) is 10.1 Å². The van der Waals surface area contributed by atoms with Gasteiger partial charge in [-0.2, -0.15) is 0 Å². The lowest BCUT2D eigenvalue weighted by molar-refractivity contribution is -0.124. The molecule has 0 saturated carbocycles. The molecule has 3 N–H and O–H groups in total. The third-order valence-electron chi connectivity index (χ3n) is 2.73. The molecule has 1 atom stereocenters. The molecule has 0 saturated heterocycles. The summed E-state index contributed by atoms with van der Waals surface area (Å²) in [6, 6.07) is -0.0447. The Balaban J connectivity index is 4.18. The van der Waals surface area contributed by atoms with E-state index in [1.807, 2.05) is 20.8 Å². The van der Waals surface area contributed by atoms with E-state index in [0.29, 0.717) is 0 Å². The molecule has 0 aliphatic heterocycles. The minimum absolute atomic E-state index is 0.00442. The summed E-state index contributed by atoms with van der Waals surface area (Å²) in [6.07, 6.45) is 1.89. The highest BCUT2D eigenvalue weighted by Gasteiger charge is 2.23. The highest BCUT2D eigenvalue weighted by Crippen LogP contribution is 2.03. The summed E-state index contributed by atoms with van der Waals surface area (Å²) < 4.78 is 0. The molecule has 0 aliphatic rings. The predicted molar refractivity (Wildman–Crippen MR) is 66.3 cm³/mol. The van der Waals surface area contributed by atoms with E-state index in [0.717, 1.165) is 12.8 Å². The van der Waals surface area contributed by atoms with E-state index < -0.39 is 5.54 Å². The molecule has 1 unspecified atom stereocenters. The van der Waals surface area contributed by atoms with Crippen LogP contribution in [0.1, 0.15) is 47.5 Å². The van der Waals surface area contributed by atoms with E-state index in [2.05, 4.69) is 24.5 Å². The van der Waals surface area contributed by atoms with Gasteiger partial charge in [-0.15, -0.1) is 0 Å². The Morgan fingerprint density at radius 1 is 1.31 bits per heavy atom. The Morgan fingerprint density at radius 3 is 2.19 bits per heavy atom. The van der Waals surface area contributed by atoms with Gasteiger partial charge in [0.25, 0.3) is 0 Å². The Kier molecular flexibility index (Phi) is 6.60. The predicted octanol–water partition coefficient (Wildman–Crippen LogP) is 1.04. The molecule has 96 valence electrons. The smallest absolute Gasteiger partial charge is 0.237 e. The van der Waals surface area contributed by atoms with Gasteiger partial charge >= 0.3 is 0 Å². The zero-order chi connectivity index (χ0) is 12.8. The van der Waals surface area contributed by atoms with Gasteiger partial charge in [0.2, 0.25) is 5.91 Å². The van der Waals surface area contributed by atoms with Crippen molar-refractivity contribution in [3.8, 4) is 0 Å².